The fourth-order valence-corrected chi connectivity index (χ4v) is 1.78. The number of aromatic nitrogens is 1. The van der Waals surface area contributed by atoms with E-state index in [9.17, 15) is 10.1 Å². The first-order valence-corrected chi connectivity index (χ1v) is 5.60. The number of nitrogens with one attached hydrogen (secondary N) is 1. The molecule has 1 heterocycles. The zero-order valence-electron chi connectivity index (χ0n) is 9.68. The second-order valence-corrected chi connectivity index (χ2v) is 3.88. The molecule has 0 amide bonds. The van der Waals surface area contributed by atoms with Crippen molar-refractivity contribution < 1.29 is 4.92 Å². The summed E-state index contributed by atoms with van der Waals surface area (Å²) < 4.78 is 0. The highest BCUT2D eigenvalue weighted by molar-refractivity contribution is 6.29. The first kappa shape index (κ1) is 13.4. The molecule has 0 fully saturated rings. The third-order valence-corrected chi connectivity index (χ3v) is 2.69. The Morgan fingerprint density at radius 3 is 2.82 bits per heavy atom. The van der Waals surface area contributed by atoms with Gasteiger partial charge in [0.05, 0.1) is 10.6 Å². The van der Waals surface area contributed by atoms with E-state index in [0.717, 1.165) is 18.2 Å². The van der Waals surface area contributed by atoms with Crippen molar-refractivity contribution in [3.05, 3.63) is 51.1 Å². The average molecular weight is 256 g/mol. The summed E-state index contributed by atoms with van der Waals surface area (Å²) >= 11 is 5.71. The Bertz CT molecular complexity index is 417. The molecule has 92 valence electrons. The van der Waals surface area contributed by atoms with Crippen LogP contribution in [0.4, 0.5) is 0 Å². The molecule has 0 aromatic carbocycles. The quantitative estimate of drug-likeness (QED) is 0.499. The Labute approximate surface area is 105 Å². The summed E-state index contributed by atoms with van der Waals surface area (Å²) in [7, 11) is 1.67. The lowest BCUT2D eigenvalue weighted by atomic mass is 9.95. The van der Waals surface area contributed by atoms with Gasteiger partial charge >= 0.3 is 0 Å². The standard InChI is InChI=1S/C11H14ClN3O2/c1-3-9(10(13-2)7-15(16)17)8-4-5-11(12)14-6-8/h4-7,9,13H,3H2,1-2H3/b10-7+. The van der Waals surface area contributed by atoms with Crippen molar-refractivity contribution in [3.8, 4) is 0 Å². The highest BCUT2D eigenvalue weighted by Crippen LogP contribution is 2.25. The van der Waals surface area contributed by atoms with Crippen molar-refractivity contribution in [2.24, 2.45) is 0 Å². The zero-order chi connectivity index (χ0) is 12.8. The maximum Gasteiger partial charge on any atom is 0.253 e. The van der Waals surface area contributed by atoms with Gasteiger partial charge in [-0.1, -0.05) is 24.6 Å². The summed E-state index contributed by atoms with van der Waals surface area (Å²) in [4.78, 5) is 14.1. The number of rotatable bonds is 5. The number of nitrogens with zero attached hydrogens (tertiary/aromatic N) is 2. The Morgan fingerprint density at radius 2 is 2.41 bits per heavy atom. The van der Waals surface area contributed by atoms with Crippen LogP contribution in [0.2, 0.25) is 5.15 Å². The molecule has 1 unspecified atom stereocenters. The van der Waals surface area contributed by atoms with E-state index >= 15 is 0 Å². The predicted octanol–water partition coefficient (Wildman–Crippen LogP) is 2.57. The lowest BCUT2D eigenvalue weighted by Gasteiger charge is -2.16. The normalized spacial score (nSPS) is 13.2. The van der Waals surface area contributed by atoms with E-state index in [1.165, 1.54) is 0 Å². The Balaban J connectivity index is 3.05. The average Bonchev–Trinajstić information content (AvgIpc) is 2.30. The van der Waals surface area contributed by atoms with E-state index in [-0.39, 0.29) is 5.92 Å². The van der Waals surface area contributed by atoms with Crippen LogP contribution in [-0.2, 0) is 0 Å². The molecule has 1 aromatic rings. The fraction of sp³-hybridized carbons (Fsp3) is 0.364. The van der Waals surface area contributed by atoms with E-state index in [0.29, 0.717) is 10.9 Å². The van der Waals surface area contributed by atoms with Crippen LogP contribution in [0.3, 0.4) is 0 Å². The number of hydrogen-bond acceptors (Lipinski definition) is 4. The van der Waals surface area contributed by atoms with Crippen LogP contribution in [0.15, 0.2) is 30.2 Å². The highest BCUT2D eigenvalue weighted by atomic mass is 35.5. The third kappa shape index (κ3) is 3.71. The molecule has 0 saturated heterocycles. The van der Waals surface area contributed by atoms with Crippen molar-refractivity contribution in [1.82, 2.24) is 10.3 Å². The third-order valence-electron chi connectivity index (χ3n) is 2.47. The zero-order valence-corrected chi connectivity index (χ0v) is 10.4. The van der Waals surface area contributed by atoms with Gasteiger partial charge in [0.1, 0.15) is 5.15 Å². The molecule has 0 spiro atoms. The SMILES string of the molecule is CCC(/C(=C\[N+](=O)[O-])NC)c1ccc(Cl)nc1. The van der Waals surface area contributed by atoms with Crippen molar-refractivity contribution in [2.45, 2.75) is 19.3 Å². The van der Waals surface area contributed by atoms with E-state index in [1.807, 2.05) is 13.0 Å². The summed E-state index contributed by atoms with van der Waals surface area (Å²) in [5.41, 5.74) is 1.46. The number of likely N-dealkylation sites (N-methyl/N-ethyl adjacent to an activating group) is 1. The topological polar surface area (TPSA) is 68.1 Å². The molecule has 1 N–H and O–H groups in total. The summed E-state index contributed by atoms with van der Waals surface area (Å²) in [5.74, 6) is -0.0739. The smallest absolute Gasteiger partial charge is 0.253 e. The maximum absolute atomic E-state index is 10.5. The Morgan fingerprint density at radius 1 is 1.71 bits per heavy atom. The molecule has 5 nitrogen and oxygen atoms in total. The van der Waals surface area contributed by atoms with Crippen LogP contribution < -0.4 is 5.32 Å². The Hall–Kier alpha value is -1.62. The van der Waals surface area contributed by atoms with E-state index in [2.05, 4.69) is 10.3 Å². The molecule has 0 aliphatic rings. The molecule has 1 rings (SSSR count). The van der Waals surface area contributed by atoms with E-state index < -0.39 is 4.92 Å². The lowest BCUT2D eigenvalue weighted by molar-refractivity contribution is -0.404. The molecule has 1 atom stereocenters. The number of nitro groups is 1. The summed E-state index contributed by atoms with van der Waals surface area (Å²) in [6.45, 7) is 1.96. The van der Waals surface area contributed by atoms with Crippen molar-refractivity contribution >= 4 is 11.6 Å². The summed E-state index contributed by atoms with van der Waals surface area (Å²) in [6, 6.07) is 3.51. The maximum atomic E-state index is 10.5. The minimum Gasteiger partial charge on any atom is -0.386 e. The van der Waals surface area contributed by atoms with Gasteiger partial charge in [-0.2, -0.15) is 0 Å². The molecular weight excluding hydrogens is 242 g/mol. The second kappa shape index (κ2) is 6.20. The number of hydrogen-bond donors (Lipinski definition) is 1. The summed E-state index contributed by atoms with van der Waals surface area (Å²) in [5, 5.41) is 13.8. The largest absolute Gasteiger partial charge is 0.386 e. The lowest BCUT2D eigenvalue weighted by Crippen LogP contribution is -2.16. The highest BCUT2D eigenvalue weighted by Gasteiger charge is 2.17. The fourth-order valence-electron chi connectivity index (χ4n) is 1.67. The van der Waals surface area contributed by atoms with Gasteiger partial charge in [-0.15, -0.1) is 0 Å². The molecule has 0 aliphatic carbocycles. The first-order valence-electron chi connectivity index (χ1n) is 5.22. The molecule has 0 bridgehead atoms. The van der Waals surface area contributed by atoms with Crippen molar-refractivity contribution in [2.75, 3.05) is 7.05 Å². The number of allylic oxidation sites excluding steroid dienone is 1. The molecule has 1 aromatic heterocycles. The second-order valence-electron chi connectivity index (χ2n) is 3.49. The summed E-state index contributed by atoms with van der Waals surface area (Å²) in [6.07, 6.45) is 3.37. The monoisotopic (exact) mass is 255 g/mol. The van der Waals surface area contributed by atoms with Crippen LogP contribution >= 0.6 is 11.6 Å². The van der Waals surface area contributed by atoms with Gasteiger partial charge < -0.3 is 5.32 Å². The van der Waals surface area contributed by atoms with Crippen LogP contribution in [-0.4, -0.2) is 17.0 Å². The van der Waals surface area contributed by atoms with Crippen molar-refractivity contribution in [1.29, 1.82) is 0 Å². The van der Waals surface area contributed by atoms with Crippen LogP contribution in [0.25, 0.3) is 0 Å². The van der Waals surface area contributed by atoms with Crippen LogP contribution in [0.1, 0.15) is 24.8 Å². The minimum atomic E-state index is -0.460. The molecule has 0 saturated carbocycles. The van der Waals surface area contributed by atoms with Crippen LogP contribution in [0, 0.1) is 10.1 Å². The van der Waals surface area contributed by atoms with Gasteiger partial charge in [-0.25, -0.2) is 4.98 Å². The van der Waals surface area contributed by atoms with Crippen molar-refractivity contribution in [3.63, 3.8) is 0 Å². The van der Waals surface area contributed by atoms with Gasteiger partial charge in [0.25, 0.3) is 6.20 Å². The van der Waals surface area contributed by atoms with Gasteiger partial charge in [0, 0.05) is 19.2 Å². The van der Waals surface area contributed by atoms with Gasteiger partial charge in [-0.3, -0.25) is 10.1 Å². The van der Waals surface area contributed by atoms with E-state index in [4.69, 9.17) is 11.6 Å². The molecule has 0 radical (unpaired) electrons. The molecule has 17 heavy (non-hydrogen) atoms. The number of halogens is 1. The van der Waals surface area contributed by atoms with Gasteiger partial charge in [0.2, 0.25) is 0 Å². The molecular formula is C11H14ClN3O2. The predicted molar refractivity (Wildman–Crippen MR) is 66.4 cm³/mol. The van der Waals surface area contributed by atoms with Gasteiger partial charge in [0.15, 0.2) is 0 Å². The number of pyridine rings is 1. The minimum absolute atomic E-state index is 0.0739. The van der Waals surface area contributed by atoms with Gasteiger partial charge in [-0.05, 0) is 18.1 Å². The van der Waals surface area contributed by atoms with Crippen LogP contribution in [0.5, 0.6) is 0 Å². The first-order chi connectivity index (χ1) is 8.08. The van der Waals surface area contributed by atoms with E-state index in [1.54, 1.807) is 19.3 Å². The Kier molecular flexibility index (Phi) is 4.90. The molecule has 0 aliphatic heterocycles. The molecule has 6 heteroatoms.